The second kappa shape index (κ2) is 6.39. The average Bonchev–Trinajstić information content (AvgIpc) is 2.54. The molecule has 0 fully saturated rings. The van der Waals surface area contributed by atoms with Crippen molar-refractivity contribution in [3.05, 3.63) is 17.5 Å². The second-order valence-electron chi connectivity index (χ2n) is 4.55. The molecule has 0 spiro atoms. The van der Waals surface area contributed by atoms with E-state index in [2.05, 4.69) is 29.6 Å². The number of amides is 1. The average molecular weight is 238 g/mol. The van der Waals surface area contributed by atoms with Crippen LogP contribution in [0.2, 0.25) is 0 Å². The molecule has 0 saturated heterocycles. The Morgan fingerprint density at radius 3 is 2.76 bits per heavy atom. The van der Waals surface area contributed by atoms with E-state index in [-0.39, 0.29) is 5.91 Å². The van der Waals surface area contributed by atoms with Crippen LogP contribution in [0.5, 0.6) is 0 Å². The normalized spacial score (nSPS) is 10.9. The van der Waals surface area contributed by atoms with Crippen molar-refractivity contribution in [2.24, 2.45) is 7.05 Å². The minimum atomic E-state index is 0.0707. The van der Waals surface area contributed by atoms with Gasteiger partial charge in [-0.2, -0.15) is 5.10 Å². The SMILES string of the molecule is Cc1nn(C)cc1CNC(=O)CCNC(C)C. The van der Waals surface area contributed by atoms with Crippen LogP contribution in [0.25, 0.3) is 0 Å². The predicted molar refractivity (Wildman–Crippen MR) is 67.5 cm³/mol. The molecule has 1 aromatic heterocycles. The highest BCUT2D eigenvalue weighted by Crippen LogP contribution is 2.03. The zero-order chi connectivity index (χ0) is 12.8. The Kier molecular flexibility index (Phi) is 5.15. The Bertz CT molecular complexity index is 371. The zero-order valence-corrected chi connectivity index (χ0v) is 11.1. The van der Waals surface area contributed by atoms with E-state index in [1.807, 2.05) is 20.2 Å². The molecular formula is C12H22N4O. The third-order valence-electron chi connectivity index (χ3n) is 2.50. The van der Waals surface area contributed by atoms with Crippen LogP contribution in [0.3, 0.4) is 0 Å². The molecule has 17 heavy (non-hydrogen) atoms. The lowest BCUT2D eigenvalue weighted by molar-refractivity contribution is -0.121. The summed E-state index contributed by atoms with van der Waals surface area (Å²) in [6, 6.07) is 0.420. The number of carbonyl (C=O) groups is 1. The van der Waals surface area contributed by atoms with Gasteiger partial charge in [-0.25, -0.2) is 0 Å². The predicted octanol–water partition coefficient (Wildman–Crippen LogP) is 0.733. The minimum absolute atomic E-state index is 0.0707. The van der Waals surface area contributed by atoms with Gasteiger partial charge in [-0.1, -0.05) is 13.8 Å². The van der Waals surface area contributed by atoms with E-state index < -0.39 is 0 Å². The van der Waals surface area contributed by atoms with Crippen LogP contribution in [0.1, 0.15) is 31.5 Å². The molecule has 0 atom stereocenters. The lowest BCUT2D eigenvalue weighted by atomic mass is 10.2. The van der Waals surface area contributed by atoms with Crippen molar-refractivity contribution in [2.45, 2.75) is 39.8 Å². The van der Waals surface area contributed by atoms with Crippen LogP contribution in [-0.2, 0) is 18.4 Å². The lowest BCUT2D eigenvalue weighted by Crippen LogP contribution is -2.30. The van der Waals surface area contributed by atoms with E-state index >= 15 is 0 Å². The van der Waals surface area contributed by atoms with Gasteiger partial charge in [0.1, 0.15) is 0 Å². The fraction of sp³-hybridized carbons (Fsp3) is 0.667. The van der Waals surface area contributed by atoms with Gasteiger partial charge < -0.3 is 10.6 Å². The van der Waals surface area contributed by atoms with Gasteiger partial charge in [0.25, 0.3) is 0 Å². The third kappa shape index (κ3) is 4.99. The van der Waals surface area contributed by atoms with E-state index in [1.54, 1.807) is 4.68 Å². The number of aryl methyl sites for hydroxylation is 2. The molecular weight excluding hydrogens is 216 g/mol. The number of carbonyl (C=O) groups excluding carboxylic acids is 1. The molecule has 0 aliphatic carbocycles. The summed E-state index contributed by atoms with van der Waals surface area (Å²) < 4.78 is 1.76. The highest BCUT2D eigenvalue weighted by molar-refractivity contribution is 5.76. The summed E-state index contributed by atoms with van der Waals surface area (Å²) in [4.78, 5) is 11.5. The Hall–Kier alpha value is -1.36. The molecule has 96 valence electrons. The summed E-state index contributed by atoms with van der Waals surface area (Å²) in [6.45, 7) is 7.35. The van der Waals surface area contributed by atoms with E-state index in [0.29, 0.717) is 19.0 Å². The van der Waals surface area contributed by atoms with Gasteiger partial charge in [-0.15, -0.1) is 0 Å². The van der Waals surface area contributed by atoms with Crippen molar-refractivity contribution in [3.63, 3.8) is 0 Å². The van der Waals surface area contributed by atoms with Crippen molar-refractivity contribution < 1.29 is 4.79 Å². The van der Waals surface area contributed by atoms with Crippen LogP contribution >= 0.6 is 0 Å². The minimum Gasteiger partial charge on any atom is -0.352 e. The smallest absolute Gasteiger partial charge is 0.221 e. The summed E-state index contributed by atoms with van der Waals surface area (Å²) in [5, 5.41) is 10.3. The molecule has 0 bridgehead atoms. The Morgan fingerprint density at radius 2 is 2.24 bits per heavy atom. The third-order valence-corrected chi connectivity index (χ3v) is 2.50. The maximum Gasteiger partial charge on any atom is 0.221 e. The fourth-order valence-electron chi connectivity index (χ4n) is 1.58. The largest absolute Gasteiger partial charge is 0.352 e. The molecule has 1 amide bonds. The number of aromatic nitrogens is 2. The topological polar surface area (TPSA) is 59.0 Å². The van der Waals surface area contributed by atoms with Gasteiger partial charge >= 0.3 is 0 Å². The second-order valence-corrected chi connectivity index (χ2v) is 4.55. The van der Waals surface area contributed by atoms with Crippen molar-refractivity contribution >= 4 is 5.91 Å². The van der Waals surface area contributed by atoms with Gasteiger partial charge in [0.2, 0.25) is 5.91 Å². The van der Waals surface area contributed by atoms with Crippen molar-refractivity contribution in [2.75, 3.05) is 6.54 Å². The molecule has 0 unspecified atom stereocenters. The van der Waals surface area contributed by atoms with E-state index in [1.165, 1.54) is 0 Å². The molecule has 0 aromatic carbocycles. The zero-order valence-electron chi connectivity index (χ0n) is 11.1. The highest BCUT2D eigenvalue weighted by Gasteiger charge is 2.05. The van der Waals surface area contributed by atoms with Gasteiger partial charge in [0, 0.05) is 44.4 Å². The van der Waals surface area contributed by atoms with Crippen LogP contribution in [-0.4, -0.2) is 28.3 Å². The standard InChI is InChI=1S/C12H22N4O/c1-9(2)13-6-5-12(17)14-7-11-8-16(4)15-10(11)3/h8-9,13H,5-7H2,1-4H3,(H,14,17). The van der Waals surface area contributed by atoms with E-state index in [9.17, 15) is 4.79 Å². The molecule has 1 rings (SSSR count). The van der Waals surface area contributed by atoms with Crippen molar-refractivity contribution in [1.82, 2.24) is 20.4 Å². The van der Waals surface area contributed by atoms with E-state index in [4.69, 9.17) is 0 Å². The summed E-state index contributed by atoms with van der Waals surface area (Å²) in [7, 11) is 1.88. The van der Waals surface area contributed by atoms with Crippen molar-refractivity contribution in [1.29, 1.82) is 0 Å². The van der Waals surface area contributed by atoms with Gasteiger partial charge in [0.05, 0.1) is 5.69 Å². The molecule has 1 aromatic rings. The number of rotatable bonds is 6. The summed E-state index contributed by atoms with van der Waals surface area (Å²) >= 11 is 0. The monoisotopic (exact) mass is 238 g/mol. The molecule has 0 radical (unpaired) electrons. The van der Waals surface area contributed by atoms with Gasteiger partial charge in [-0.3, -0.25) is 9.48 Å². The molecule has 1 heterocycles. The first-order chi connectivity index (χ1) is 7.99. The van der Waals surface area contributed by atoms with Crippen molar-refractivity contribution in [3.8, 4) is 0 Å². The first-order valence-electron chi connectivity index (χ1n) is 5.98. The summed E-state index contributed by atoms with van der Waals surface area (Å²) in [5.74, 6) is 0.0707. The molecule has 0 aliphatic rings. The summed E-state index contributed by atoms with van der Waals surface area (Å²) in [5.41, 5.74) is 2.03. The number of nitrogens with one attached hydrogen (secondary N) is 2. The number of hydrogen-bond donors (Lipinski definition) is 2. The van der Waals surface area contributed by atoms with Crippen LogP contribution in [0.4, 0.5) is 0 Å². The fourth-order valence-corrected chi connectivity index (χ4v) is 1.58. The highest BCUT2D eigenvalue weighted by atomic mass is 16.1. The maximum atomic E-state index is 11.5. The molecule has 5 heteroatoms. The first kappa shape index (κ1) is 13.7. The Balaban J connectivity index is 2.26. The Morgan fingerprint density at radius 1 is 1.53 bits per heavy atom. The first-order valence-corrected chi connectivity index (χ1v) is 5.98. The molecule has 0 aliphatic heterocycles. The number of nitrogens with zero attached hydrogens (tertiary/aromatic N) is 2. The van der Waals surface area contributed by atoms with Gasteiger partial charge in [0.15, 0.2) is 0 Å². The number of hydrogen-bond acceptors (Lipinski definition) is 3. The maximum absolute atomic E-state index is 11.5. The lowest BCUT2D eigenvalue weighted by Gasteiger charge is -2.08. The van der Waals surface area contributed by atoms with Crippen LogP contribution < -0.4 is 10.6 Å². The quantitative estimate of drug-likeness (QED) is 0.768. The molecule has 0 saturated carbocycles. The summed E-state index contributed by atoms with van der Waals surface area (Å²) in [6.07, 6.45) is 2.44. The van der Waals surface area contributed by atoms with Crippen LogP contribution in [0.15, 0.2) is 6.20 Å². The van der Waals surface area contributed by atoms with Crippen LogP contribution in [0, 0.1) is 6.92 Å². The molecule has 2 N–H and O–H groups in total. The van der Waals surface area contributed by atoms with E-state index in [0.717, 1.165) is 17.8 Å². The molecule has 5 nitrogen and oxygen atoms in total. The van der Waals surface area contributed by atoms with Gasteiger partial charge in [-0.05, 0) is 6.92 Å². The Labute approximate surface area is 103 Å².